The summed E-state index contributed by atoms with van der Waals surface area (Å²) in [6.07, 6.45) is 1.57. The zero-order valence-electron chi connectivity index (χ0n) is 7.80. The van der Waals surface area contributed by atoms with Crippen molar-refractivity contribution < 1.29 is 10.2 Å². The van der Waals surface area contributed by atoms with Crippen LogP contribution in [0.15, 0.2) is 10.7 Å². The second-order valence-electron chi connectivity index (χ2n) is 3.49. The Bertz CT molecular complexity index is 331. The maximum atomic E-state index is 9.66. The van der Waals surface area contributed by atoms with E-state index in [4.69, 9.17) is 0 Å². The first-order valence-corrected chi connectivity index (χ1v) is 4.70. The molecule has 0 radical (unpaired) electrons. The first kappa shape index (κ1) is 10.5. The normalized spacial score (nSPS) is 11.8. The molecule has 0 aliphatic rings. The fourth-order valence-electron chi connectivity index (χ4n) is 1.02. The minimum absolute atomic E-state index is 0.0434. The Kier molecular flexibility index (Phi) is 2.63. The largest absolute Gasteiger partial charge is 0.506 e. The summed E-state index contributed by atoms with van der Waals surface area (Å²) in [7, 11) is 0. The van der Waals surface area contributed by atoms with Gasteiger partial charge in [0.1, 0.15) is 17.0 Å². The Hall–Kier alpha value is -0.610. The van der Waals surface area contributed by atoms with Crippen LogP contribution < -0.4 is 0 Å². The molecule has 4 heteroatoms. The van der Waals surface area contributed by atoms with Crippen LogP contribution in [0.5, 0.6) is 5.75 Å². The van der Waals surface area contributed by atoms with Crippen LogP contribution in [0.3, 0.4) is 0 Å². The number of aliphatic hydroxyl groups is 1. The Morgan fingerprint density at radius 1 is 1.46 bits per heavy atom. The van der Waals surface area contributed by atoms with E-state index in [-0.39, 0.29) is 5.75 Å². The van der Waals surface area contributed by atoms with Crippen LogP contribution in [0.2, 0.25) is 0 Å². The molecule has 0 amide bonds. The summed E-state index contributed by atoms with van der Waals surface area (Å²) in [6, 6.07) is 0. The van der Waals surface area contributed by atoms with Crippen molar-refractivity contribution in [3.05, 3.63) is 21.9 Å². The Labute approximate surface area is 85.6 Å². The number of aromatic hydroxyl groups is 1. The van der Waals surface area contributed by atoms with Crippen LogP contribution in [0.1, 0.15) is 25.1 Å². The summed E-state index contributed by atoms with van der Waals surface area (Å²) >= 11 is 3.24. The Morgan fingerprint density at radius 3 is 2.46 bits per heavy atom. The van der Waals surface area contributed by atoms with Gasteiger partial charge in [-0.2, -0.15) is 0 Å². The number of nitrogens with zero attached hydrogens (tertiary/aromatic N) is 1. The predicted octanol–water partition coefficient (Wildman–Crippen LogP) is 2.09. The van der Waals surface area contributed by atoms with E-state index in [2.05, 4.69) is 20.9 Å². The van der Waals surface area contributed by atoms with E-state index in [1.807, 2.05) is 0 Å². The number of hydrogen-bond acceptors (Lipinski definition) is 3. The third kappa shape index (κ3) is 2.00. The molecule has 0 aliphatic carbocycles. The van der Waals surface area contributed by atoms with Crippen molar-refractivity contribution in [3.8, 4) is 5.75 Å². The van der Waals surface area contributed by atoms with Crippen LogP contribution in [0.25, 0.3) is 0 Å². The Morgan fingerprint density at radius 2 is 2.00 bits per heavy atom. The molecule has 0 saturated carbocycles. The first-order valence-electron chi connectivity index (χ1n) is 3.91. The van der Waals surface area contributed by atoms with E-state index >= 15 is 0 Å². The molecule has 0 bridgehead atoms. The molecule has 0 aliphatic heterocycles. The van der Waals surface area contributed by atoms with Gasteiger partial charge in [0.05, 0.1) is 0 Å². The number of hydrogen-bond donors (Lipinski definition) is 2. The van der Waals surface area contributed by atoms with E-state index in [0.717, 1.165) is 4.47 Å². The van der Waals surface area contributed by atoms with Gasteiger partial charge >= 0.3 is 0 Å². The van der Waals surface area contributed by atoms with Gasteiger partial charge in [0.2, 0.25) is 0 Å². The molecule has 0 spiro atoms. The van der Waals surface area contributed by atoms with Gasteiger partial charge in [-0.15, -0.1) is 0 Å². The fraction of sp³-hybridized carbons (Fsp3) is 0.444. The number of halogens is 1. The van der Waals surface area contributed by atoms with Gasteiger partial charge in [0.25, 0.3) is 0 Å². The highest BCUT2D eigenvalue weighted by Gasteiger charge is 2.23. The minimum Gasteiger partial charge on any atom is -0.506 e. The maximum Gasteiger partial charge on any atom is 0.144 e. The SMILES string of the molecule is Cc1c(Br)cnc(C(C)(C)O)c1O. The number of pyridine rings is 1. The highest BCUT2D eigenvalue weighted by molar-refractivity contribution is 9.10. The molecular formula is C9H12BrNO2. The summed E-state index contributed by atoms with van der Waals surface area (Å²) in [5.41, 5.74) is -0.129. The summed E-state index contributed by atoms with van der Waals surface area (Å²) in [6.45, 7) is 4.93. The summed E-state index contributed by atoms with van der Waals surface area (Å²) in [4.78, 5) is 3.96. The zero-order valence-corrected chi connectivity index (χ0v) is 9.38. The number of rotatable bonds is 1. The third-order valence-corrected chi connectivity index (χ3v) is 2.62. The van der Waals surface area contributed by atoms with Gasteiger partial charge in [-0.25, -0.2) is 0 Å². The molecule has 0 fully saturated rings. The van der Waals surface area contributed by atoms with Crippen LogP contribution in [0, 0.1) is 6.92 Å². The lowest BCUT2D eigenvalue weighted by molar-refractivity contribution is 0.0707. The van der Waals surface area contributed by atoms with Crippen molar-refractivity contribution in [2.75, 3.05) is 0 Å². The molecule has 0 atom stereocenters. The van der Waals surface area contributed by atoms with E-state index in [9.17, 15) is 10.2 Å². The van der Waals surface area contributed by atoms with Crippen molar-refractivity contribution in [3.63, 3.8) is 0 Å². The van der Waals surface area contributed by atoms with Crippen molar-refractivity contribution in [1.29, 1.82) is 0 Å². The highest BCUT2D eigenvalue weighted by atomic mass is 79.9. The van der Waals surface area contributed by atoms with Crippen LogP contribution in [0.4, 0.5) is 0 Å². The molecular weight excluding hydrogens is 234 g/mol. The van der Waals surface area contributed by atoms with Gasteiger partial charge in [-0.3, -0.25) is 4.98 Å². The molecule has 0 saturated heterocycles. The van der Waals surface area contributed by atoms with Gasteiger partial charge < -0.3 is 10.2 Å². The van der Waals surface area contributed by atoms with Crippen LogP contribution >= 0.6 is 15.9 Å². The summed E-state index contributed by atoms with van der Waals surface area (Å²) in [5.74, 6) is 0.0434. The zero-order chi connectivity index (χ0) is 10.2. The quantitative estimate of drug-likeness (QED) is 0.797. The molecule has 13 heavy (non-hydrogen) atoms. The molecule has 1 rings (SSSR count). The molecule has 2 N–H and O–H groups in total. The van der Waals surface area contributed by atoms with E-state index in [1.165, 1.54) is 0 Å². The molecule has 1 aromatic heterocycles. The maximum absolute atomic E-state index is 9.66. The predicted molar refractivity (Wildman–Crippen MR) is 53.6 cm³/mol. The van der Waals surface area contributed by atoms with Crippen LogP contribution in [-0.2, 0) is 5.60 Å². The first-order chi connectivity index (χ1) is 5.84. The summed E-state index contributed by atoms with van der Waals surface area (Å²) in [5, 5.41) is 19.3. The number of aromatic nitrogens is 1. The molecule has 0 aromatic carbocycles. The highest BCUT2D eigenvalue weighted by Crippen LogP contribution is 2.32. The van der Waals surface area contributed by atoms with Gasteiger partial charge in [-0.1, -0.05) is 0 Å². The van der Waals surface area contributed by atoms with Crippen molar-refractivity contribution >= 4 is 15.9 Å². The second-order valence-corrected chi connectivity index (χ2v) is 4.34. The fourth-order valence-corrected chi connectivity index (χ4v) is 1.31. The van der Waals surface area contributed by atoms with E-state index in [0.29, 0.717) is 11.3 Å². The molecule has 1 aromatic rings. The minimum atomic E-state index is -1.12. The molecule has 0 unspecified atom stereocenters. The topological polar surface area (TPSA) is 53.4 Å². The monoisotopic (exact) mass is 245 g/mol. The molecule has 72 valence electrons. The molecule has 1 heterocycles. The lowest BCUT2D eigenvalue weighted by Crippen LogP contribution is -2.18. The molecule has 3 nitrogen and oxygen atoms in total. The lowest BCUT2D eigenvalue weighted by Gasteiger charge is -2.18. The average Bonchev–Trinajstić information content (AvgIpc) is 1.98. The smallest absolute Gasteiger partial charge is 0.144 e. The van der Waals surface area contributed by atoms with Gasteiger partial charge in [0, 0.05) is 16.2 Å². The lowest BCUT2D eigenvalue weighted by atomic mass is 10.0. The summed E-state index contributed by atoms with van der Waals surface area (Å²) < 4.78 is 0.734. The Balaban J connectivity index is 3.35. The standard InChI is InChI=1S/C9H12BrNO2/c1-5-6(10)4-11-8(7(5)12)9(2,3)13/h4,12-13H,1-3H3. The van der Waals surface area contributed by atoms with Gasteiger partial charge in [0.15, 0.2) is 0 Å². The van der Waals surface area contributed by atoms with E-state index in [1.54, 1.807) is 27.0 Å². The van der Waals surface area contributed by atoms with Crippen molar-refractivity contribution in [1.82, 2.24) is 4.98 Å². The van der Waals surface area contributed by atoms with Crippen molar-refractivity contribution in [2.24, 2.45) is 0 Å². The van der Waals surface area contributed by atoms with Gasteiger partial charge in [-0.05, 0) is 36.7 Å². The average molecular weight is 246 g/mol. The van der Waals surface area contributed by atoms with Crippen LogP contribution in [-0.4, -0.2) is 15.2 Å². The van der Waals surface area contributed by atoms with Crippen molar-refractivity contribution in [2.45, 2.75) is 26.4 Å². The third-order valence-electron chi connectivity index (χ3n) is 1.82. The second kappa shape index (κ2) is 3.27. The van der Waals surface area contributed by atoms with E-state index < -0.39 is 5.60 Å².